The van der Waals surface area contributed by atoms with Gasteiger partial charge in [0.1, 0.15) is 0 Å². The van der Waals surface area contributed by atoms with Crippen molar-refractivity contribution in [2.75, 3.05) is 16.0 Å². The van der Waals surface area contributed by atoms with E-state index in [2.05, 4.69) is 20.9 Å². The molecule has 3 aromatic rings. The number of nitrogens with one attached hydrogen (secondary N) is 4. The molecule has 6 nitrogen and oxygen atoms in total. The lowest BCUT2D eigenvalue weighted by atomic mass is 10.1. The largest absolute Gasteiger partial charge is 0.416 e. The summed E-state index contributed by atoms with van der Waals surface area (Å²) in [4.78, 5) is 16.1. The van der Waals surface area contributed by atoms with Crippen LogP contribution < -0.4 is 16.0 Å². The van der Waals surface area contributed by atoms with Gasteiger partial charge < -0.3 is 16.0 Å². The SMILES string of the molecule is Cc1cccc(C)c1N/C=C/C(=O)Nc1ccc(C(=N)/N=C\Nc2ccc(C(F)(F)F)cc2)cc1. The summed E-state index contributed by atoms with van der Waals surface area (Å²) in [6.07, 6.45) is -0.200. The molecule has 0 aromatic heterocycles. The van der Waals surface area contributed by atoms with Gasteiger partial charge in [-0.25, -0.2) is 4.99 Å². The molecule has 180 valence electrons. The van der Waals surface area contributed by atoms with E-state index in [1.807, 2.05) is 32.0 Å². The zero-order chi connectivity index (χ0) is 25.4. The predicted octanol–water partition coefficient (Wildman–Crippen LogP) is 6.35. The smallest absolute Gasteiger partial charge is 0.361 e. The third-order valence-corrected chi connectivity index (χ3v) is 5.01. The van der Waals surface area contributed by atoms with Crippen LogP contribution in [-0.4, -0.2) is 18.1 Å². The number of aliphatic imine (C=N–C) groups is 1. The molecule has 1 amide bonds. The zero-order valence-corrected chi connectivity index (χ0v) is 19.1. The number of carbonyl (C=O) groups is 1. The molecule has 0 heterocycles. The van der Waals surface area contributed by atoms with Crippen LogP contribution in [0.5, 0.6) is 0 Å². The molecule has 0 atom stereocenters. The Morgan fingerprint density at radius 3 is 2.09 bits per heavy atom. The second-order valence-electron chi connectivity index (χ2n) is 7.64. The van der Waals surface area contributed by atoms with Gasteiger partial charge in [0.15, 0.2) is 5.84 Å². The molecule has 0 fully saturated rings. The predicted molar refractivity (Wildman–Crippen MR) is 134 cm³/mol. The van der Waals surface area contributed by atoms with Gasteiger partial charge in [-0.15, -0.1) is 0 Å². The van der Waals surface area contributed by atoms with Crippen molar-refractivity contribution in [2.24, 2.45) is 4.99 Å². The first kappa shape index (κ1) is 25.2. The van der Waals surface area contributed by atoms with Gasteiger partial charge in [-0.2, -0.15) is 13.2 Å². The molecule has 0 spiro atoms. The first-order chi connectivity index (χ1) is 16.6. The number of amidine groups is 1. The van der Waals surface area contributed by atoms with Gasteiger partial charge in [-0.05, 0) is 73.5 Å². The number of alkyl halides is 3. The number of aryl methyl sites for hydroxylation is 2. The van der Waals surface area contributed by atoms with E-state index in [0.29, 0.717) is 16.9 Å². The molecule has 0 unspecified atom stereocenters. The van der Waals surface area contributed by atoms with Crippen molar-refractivity contribution in [3.8, 4) is 0 Å². The van der Waals surface area contributed by atoms with E-state index in [-0.39, 0.29) is 11.7 Å². The Bertz CT molecular complexity index is 1230. The molecule has 0 aliphatic heterocycles. The Balaban J connectivity index is 1.50. The van der Waals surface area contributed by atoms with E-state index in [1.165, 1.54) is 24.5 Å². The Morgan fingerprint density at radius 1 is 0.886 bits per heavy atom. The number of halogens is 3. The minimum Gasteiger partial charge on any atom is -0.361 e. The number of nitrogens with zero attached hydrogens (tertiary/aromatic N) is 1. The van der Waals surface area contributed by atoms with Crippen LogP contribution in [0.4, 0.5) is 30.2 Å². The number of amides is 1. The number of carbonyl (C=O) groups excluding carboxylic acids is 1. The highest BCUT2D eigenvalue weighted by molar-refractivity contribution is 6.03. The van der Waals surface area contributed by atoms with Crippen molar-refractivity contribution in [1.29, 1.82) is 5.41 Å². The molecule has 0 bridgehead atoms. The molecule has 3 aromatic carbocycles. The number of anilines is 3. The van der Waals surface area contributed by atoms with E-state index in [1.54, 1.807) is 30.5 Å². The molecule has 0 aliphatic rings. The molecular formula is C26H24F3N5O. The molecule has 9 heteroatoms. The second kappa shape index (κ2) is 11.1. The van der Waals surface area contributed by atoms with Crippen molar-refractivity contribution in [2.45, 2.75) is 20.0 Å². The van der Waals surface area contributed by atoms with Crippen LogP contribution in [0.15, 0.2) is 84.0 Å². The average Bonchev–Trinajstić information content (AvgIpc) is 2.81. The maximum Gasteiger partial charge on any atom is 0.416 e. The Labute approximate surface area is 201 Å². The number of para-hydroxylation sites is 1. The maximum absolute atomic E-state index is 12.6. The lowest BCUT2D eigenvalue weighted by Crippen LogP contribution is -2.09. The fourth-order valence-electron chi connectivity index (χ4n) is 3.14. The van der Waals surface area contributed by atoms with Crippen LogP contribution >= 0.6 is 0 Å². The van der Waals surface area contributed by atoms with E-state index in [9.17, 15) is 18.0 Å². The summed E-state index contributed by atoms with van der Waals surface area (Å²) in [6.45, 7) is 3.97. The summed E-state index contributed by atoms with van der Waals surface area (Å²) in [6, 6.07) is 17.0. The minimum atomic E-state index is -4.39. The van der Waals surface area contributed by atoms with Gasteiger partial charge in [0, 0.05) is 34.9 Å². The summed E-state index contributed by atoms with van der Waals surface area (Å²) in [5, 5.41) is 16.6. The van der Waals surface area contributed by atoms with E-state index in [0.717, 1.165) is 28.9 Å². The molecule has 0 saturated carbocycles. The van der Waals surface area contributed by atoms with Gasteiger partial charge in [0.2, 0.25) is 5.91 Å². The topological polar surface area (TPSA) is 89.4 Å². The summed E-state index contributed by atoms with van der Waals surface area (Å²) in [5.74, 6) is -0.370. The highest BCUT2D eigenvalue weighted by Gasteiger charge is 2.29. The lowest BCUT2D eigenvalue weighted by molar-refractivity contribution is -0.137. The number of hydrogen-bond acceptors (Lipinski definition) is 3. The summed E-state index contributed by atoms with van der Waals surface area (Å²) in [5.41, 5.74) is 3.82. The molecular weight excluding hydrogens is 455 g/mol. The molecule has 4 N–H and O–H groups in total. The fraction of sp³-hybridized carbons (Fsp3) is 0.115. The molecule has 0 aliphatic carbocycles. The van der Waals surface area contributed by atoms with E-state index in [4.69, 9.17) is 5.41 Å². The summed E-state index contributed by atoms with van der Waals surface area (Å²) >= 11 is 0. The van der Waals surface area contributed by atoms with Crippen LogP contribution in [0.3, 0.4) is 0 Å². The van der Waals surface area contributed by atoms with Crippen molar-refractivity contribution < 1.29 is 18.0 Å². The van der Waals surface area contributed by atoms with Crippen LogP contribution in [0.1, 0.15) is 22.3 Å². The Hall–Kier alpha value is -4.40. The summed E-state index contributed by atoms with van der Waals surface area (Å²) < 4.78 is 37.8. The number of hydrogen-bond donors (Lipinski definition) is 4. The highest BCUT2D eigenvalue weighted by atomic mass is 19.4. The van der Waals surface area contributed by atoms with E-state index < -0.39 is 11.7 Å². The first-order valence-corrected chi connectivity index (χ1v) is 10.6. The van der Waals surface area contributed by atoms with Gasteiger partial charge in [-0.3, -0.25) is 10.2 Å². The van der Waals surface area contributed by atoms with Crippen molar-refractivity contribution >= 4 is 35.1 Å². The molecule has 3 rings (SSSR count). The minimum absolute atomic E-state index is 0.0556. The van der Waals surface area contributed by atoms with Crippen LogP contribution in [0, 0.1) is 19.3 Å². The Kier molecular flexibility index (Phi) is 8.04. The zero-order valence-electron chi connectivity index (χ0n) is 19.1. The van der Waals surface area contributed by atoms with E-state index >= 15 is 0 Å². The lowest BCUT2D eigenvalue weighted by Gasteiger charge is -2.09. The quantitative estimate of drug-likeness (QED) is 0.181. The molecule has 0 saturated heterocycles. The Morgan fingerprint density at radius 2 is 1.49 bits per heavy atom. The molecule has 35 heavy (non-hydrogen) atoms. The van der Waals surface area contributed by atoms with Crippen LogP contribution in [0.2, 0.25) is 0 Å². The van der Waals surface area contributed by atoms with Gasteiger partial charge in [-0.1, -0.05) is 18.2 Å². The maximum atomic E-state index is 12.6. The second-order valence-corrected chi connectivity index (χ2v) is 7.64. The average molecular weight is 480 g/mol. The van der Waals surface area contributed by atoms with Crippen molar-refractivity contribution in [3.63, 3.8) is 0 Å². The van der Waals surface area contributed by atoms with Gasteiger partial charge in [0.05, 0.1) is 11.9 Å². The standard InChI is InChI=1S/C26H24F3N5O/c1-17-4-3-5-18(2)24(17)31-15-14-23(35)34-22-10-6-19(7-11-22)25(30)33-16-32-21-12-8-20(9-13-21)26(27,28)29/h3-16,31H,1-2H3,(H,34,35)(H2,30,32,33)/b15-14+. The van der Waals surface area contributed by atoms with Crippen molar-refractivity contribution in [1.82, 2.24) is 0 Å². The van der Waals surface area contributed by atoms with Crippen LogP contribution in [-0.2, 0) is 11.0 Å². The number of rotatable bonds is 7. The third-order valence-electron chi connectivity index (χ3n) is 5.01. The normalized spacial score (nSPS) is 11.6. The molecule has 0 radical (unpaired) electrons. The third kappa shape index (κ3) is 7.29. The highest BCUT2D eigenvalue weighted by Crippen LogP contribution is 2.29. The number of benzene rings is 3. The monoisotopic (exact) mass is 479 g/mol. The summed E-state index contributed by atoms with van der Waals surface area (Å²) in [7, 11) is 0. The fourth-order valence-corrected chi connectivity index (χ4v) is 3.14. The first-order valence-electron chi connectivity index (χ1n) is 10.6. The van der Waals surface area contributed by atoms with Gasteiger partial charge >= 0.3 is 6.18 Å². The van der Waals surface area contributed by atoms with Gasteiger partial charge in [0.25, 0.3) is 0 Å². The van der Waals surface area contributed by atoms with Crippen LogP contribution in [0.25, 0.3) is 0 Å². The van der Waals surface area contributed by atoms with Crippen molar-refractivity contribution in [3.05, 3.63) is 101 Å².